The number of ketones is 1. The molecule has 0 spiro atoms. The molecule has 2 N–H and O–H groups in total. The molecule has 13 heteroatoms. The number of unbranched alkanes of at least 4 members (excludes halogenated alkanes) is 2. The zero-order valence-corrected chi connectivity index (χ0v) is 29.8. The average molecular weight is 726 g/mol. The summed E-state index contributed by atoms with van der Waals surface area (Å²) in [7, 11) is 0. The van der Waals surface area contributed by atoms with E-state index in [9.17, 15) is 28.8 Å². The maximum Gasteiger partial charge on any atom is 0.271 e. The van der Waals surface area contributed by atoms with Crippen LogP contribution in [0.5, 0.6) is 5.75 Å². The van der Waals surface area contributed by atoms with Crippen LogP contribution in [0, 0.1) is 0 Å². The van der Waals surface area contributed by atoms with Gasteiger partial charge < -0.3 is 15.0 Å². The number of nitrogens with zero attached hydrogens (tertiary/aromatic N) is 3. The van der Waals surface area contributed by atoms with E-state index >= 15 is 0 Å². The predicted molar refractivity (Wildman–Crippen MR) is 196 cm³/mol. The van der Waals surface area contributed by atoms with Gasteiger partial charge in [0.1, 0.15) is 5.75 Å². The fraction of sp³-hybridized carbons (Fsp3) is 0.308. The number of likely N-dealkylation sites (tertiary alicyclic amines) is 1. The first-order valence-corrected chi connectivity index (χ1v) is 17.5. The first kappa shape index (κ1) is 37.6. The zero-order chi connectivity index (χ0) is 37.3. The van der Waals surface area contributed by atoms with Gasteiger partial charge in [0.15, 0.2) is 11.4 Å². The van der Waals surface area contributed by atoms with Gasteiger partial charge in [-0.25, -0.2) is 5.43 Å². The summed E-state index contributed by atoms with van der Waals surface area (Å²) < 4.78 is 6.05. The van der Waals surface area contributed by atoms with Crippen molar-refractivity contribution in [3.05, 3.63) is 107 Å². The average Bonchev–Trinajstić information content (AvgIpc) is 3.46. The van der Waals surface area contributed by atoms with E-state index in [1.165, 1.54) is 17.1 Å². The largest absolute Gasteiger partial charge is 0.478 e. The van der Waals surface area contributed by atoms with Gasteiger partial charge in [-0.15, -0.1) is 0 Å². The maximum absolute atomic E-state index is 13.4. The maximum atomic E-state index is 13.4. The molecular formula is C39H40ClN5O7. The summed E-state index contributed by atoms with van der Waals surface area (Å²) in [6.07, 6.45) is 5.70. The Bertz CT molecular complexity index is 1860. The van der Waals surface area contributed by atoms with Gasteiger partial charge in [-0.05, 0) is 99.5 Å². The topological polar surface area (TPSA) is 155 Å². The quantitative estimate of drug-likeness (QED) is 0.0955. The summed E-state index contributed by atoms with van der Waals surface area (Å²) in [6, 6.07) is 19.8. The number of hydrogen-bond acceptors (Lipinski definition) is 8. The highest BCUT2D eigenvalue weighted by Gasteiger charge is 2.35. The van der Waals surface area contributed by atoms with Crippen molar-refractivity contribution in [1.29, 1.82) is 0 Å². The number of anilines is 1. The lowest BCUT2D eigenvalue weighted by Gasteiger charge is -2.34. The van der Waals surface area contributed by atoms with Gasteiger partial charge in [0.05, 0.1) is 0 Å². The van der Waals surface area contributed by atoms with E-state index in [-0.39, 0.29) is 35.8 Å². The van der Waals surface area contributed by atoms with Crippen molar-refractivity contribution >= 4 is 58.3 Å². The molecule has 52 heavy (non-hydrogen) atoms. The lowest BCUT2D eigenvalue weighted by atomic mass is 10.0. The molecule has 2 aliphatic heterocycles. The molecule has 0 radical (unpaired) electrons. The molecule has 0 aromatic heterocycles. The fourth-order valence-electron chi connectivity index (χ4n) is 5.75. The van der Waals surface area contributed by atoms with Gasteiger partial charge in [0.25, 0.3) is 23.6 Å². The molecule has 0 atom stereocenters. The second kappa shape index (κ2) is 17.1. The van der Waals surface area contributed by atoms with Crippen LogP contribution in [0.2, 0.25) is 5.02 Å². The number of carbonyl (C=O) groups excluding carboxylic acids is 6. The van der Waals surface area contributed by atoms with Crippen LogP contribution in [0.3, 0.4) is 0 Å². The lowest BCUT2D eigenvalue weighted by Crippen LogP contribution is -2.51. The number of carbonyl (C=O) groups is 6. The van der Waals surface area contributed by atoms with Crippen molar-refractivity contribution in [2.75, 3.05) is 25.0 Å². The lowest BCUT2D eigenvalue weighted by molar-refractivity contribution is -0.145. The van der Waals surface area contributed by atoms with Gasteiger partial charge in [-0.3, -0.25) is 33.7 Å². The van der Waals surface area contributed by atoms with Crippen LogP contribution in [-0.4, -0.2) is 76.1 Å². The van der Waals surface area contributed by atoms with Crippen LogP contribution in [-0.2, 0) is 19.2 Å². The molecule has 1 saturated heterocycles. The van der Waals surface area contributed by atoms with Crippen LogP contribution in [0.1, 0.15) is 78.7 Å². The van der Waals surface area contributed by atoms with Crippen LogP contribution in [0.15, 0.2) is 90.0 Å². The second-order valence-corrected chi connectivity index (χ2v) is 13.4. The minimum atomic E-state index is -1.16. The van der Waals surface area contributed by atoms with Crippen molar-refractivity contribution in [1.82, 2.24) is 15.2 Å². The highest BCUT2D eigenvalue weighted by Crippen LogP contribution is 2.24. The first-order chi connectivity index (χ1) is 24.9. The van der Waals surface area contributed by atoms with Crippen molar-refractivity contribution in [2.24, 2.45) is 5.10 Å². The number of imide groups is 1. The van der Waals surface area contributed by atoms with Crippen molar-refractivity contribution in [3.63, 3.8) is 0 Å². The Hall–Kier alpha value is -5.62. The van der Waals surface area contributed by atoms with Gasteiger partial charge in [0, 0.05) is 84.2 Å². The summed E-state index contributed by atoms with van der Waals surface area (Å²) >= 11 is 5.92. The third-order valence-corrected chi connectivity index (χ3v) is 8.92. The smallest absolute Gasteiger partial charge is 0.271 e. The van der Waals surface area contributed by atoms with Crippen LogP contribution >= 0.6 is 11.6 Å². The molecular weight excluding hydrogens is 686 g/mol. The molecule has 0 aliphatic carbocycles. The molecule has 3 aromatic carbocycles. The third kappa shape index (κ3) is 10.0. The Labute approximate surface area is 306 Å². The number of halogens is 1. The molecule has 270 valence electrons. The predicted octanol–water partition coefficient (Wildman–Crippen LogP) is 5.56. The second-order valence-electron chi connectivity index (χ2n) is 13.0. The van der Waals surface area contributed by atoms with E-state index in [1.807, 2.05) is 0 Å². The van der Waals surface area contributed by atoms with Crippen LogP contribution in [0.25, 0.3) is 0 Å². The Morgan fingerprint density at radius 1 is 0.788 bits per heavy atom. The third-order valence-electron chi connectivity index (χ3n) is 8.67. The number of nitrogens with one attached hydrogen (secondary N) is 2. The minimum absolute atomic E-state index is 0.146. The SMILES string of the molecule is CC(C)(Oc1ccc(C(=O)c2ccc(Cl)cc2)cc1)C(=O)N1CCC(=NNC(=O)c2ccc(NC(=O)CCCCCN3C(=O)C=CC3=O)cc2)CC1. The Balaban J connectivity index is 1.01. The number of piperidine rings is 1. The van der Waals surface area contributed by atoms with Crippen molar-refractivity contribution in [3.8, 4) is 5.75 Å². The van der Waals surface area contributed by atoms with E-state index < -0.39 is 11.5 Å². The van der Waals surface area contributed by atoms with Crippen molar-refractivity contribution < 1.29 is 33.5 Å². The van der Waals surface area contributed by atoms with Gasteiger partial charge in [-0.1, -0.05) is 18.0 Å². The summed E-state index contributed by atoms with van der Waals surface area (Å²) in [4.78, 5) is 77.3. The van der Waals surface area contributed by atoms with E-state index in [0.29, 0.717) is 84.9 Å². The highest BCUT2D eigenvalue weighted by molar-refractivity contribution is 6.30. The first-order valence-electron chi connectivity index (χ1n) is 17.1. The molecule has 1 fully saturated rings. The minimum Gasteiger partial charge on any atom is -0.478 e. The molecule has 5 rings (SSSR count). The standard InChI is InChI=1S/C39H40ClN5O7/c1-39(2,52-32-17-11-27(12-18-32)36(49)26-7-13-29(40)14-8-26)38(51)44-24-21-31(22-25-44)42-43-37(50)28-9-15-30(16-10-28)41-33(46)6-4-3-5-23-45-34(47)19-20-35(45)48/h7-20H,3-6,21-25H2,1-2H3,(H,41,46)(H,43,50). The molecule has 0 bridgehead atoms. The summed E-state index contributed by atoms with van der Waals surface area (Å²) in [5.74, 6) is -1.05. The number of amides is 5. The molecule has 2 heterocycles. The van der Waals surface area contributed by atoms with Crippen LogP contribution in [0.4, 0.5) is 5.69 Å². The molecule has 0 unspecified atom stereocenters. The van der Waals surface area contributed by atoms with Crippen molar-refractivity contribution in [2.45, 2.75) is 58.0 Å². The van der Waals surface area contributed by atoms with E-state index in [2.05, 4.69) is 15.8 Å². The van der Waals surface area contributed by atoms with E-state index in [1.54, 1.807) is 91.5 Å². The fourth-order valence-corrected chi connectivity index (χ4v) is 5.87. The zero-order valence-electron chi connectivity index (χ0n) is 29.0. The number of hydrogen-bond donors (Lipinski definition) is 2. The van der Waals surface area contributed by atoms with E-state index in [4.69, 9.17) is 16.3 Å². The molecule has 5 amide bonds. The Morgan fingerprint density at radius 2 is 1.37 bits per heavy atom. The Morgan fingerprint density at radius 3 is 1.98 bits per heavy atom. The molecule has 0 saturated carbocycles. The summed E-state index contributed by atoms with van der Waals surface area (Å²) in [5.41, 5.74) is 4.11. The highest BCUT2D eigenvalue weighted by atomic mass is 35.5. The van der Waals surface area contributed by atoms with Gasteiger partial charge in [-0.2, -0.15) is 5.10 Å². The van der Waals surface area contributed by atoms with Crippen LogP contribution < -0.4 is 15.5 Å². The van der Waals surface area contributed by atoms with E-state index in [0.717, 1.165) is 5.71 Å². The normalized spacial score (nSPS) is 14.3. The van der Waals surface area contributed by atoms with Gasteiger partial charge >= 0.3 is 0 Å². The number of benzene rings is 3. The number of ether oxygens (including phenoxy) is 1. The van der Waals surface area contributed by atoms with Gasteiger partial charge in [0.2, 0.25) is 5.91 Å². The molecule has 2 aliphatic rings. The summed E-state index contributed by atoms with van der Waals surface area (Å²) in [5, 5.41) is 7.64. The Kier molecular flexibility index (Phi) is 12.3. The molecule has 12 nitrogen and oxygen atoms in total. The monoisotopic (exact) mass is 725 g/mol. The number of hydrazone groups is 1. The molecule has 3 aromatic rings. The summed E-state index contributed by atoms with van der Waals surface area (Å²) in [6.45, 7) is 4.57. The number of rotatable bonds is 14.